The lowest BCUT2D eigenvalue weighted by molar-refractivity contribution is -0.156. The number of rotatable bonds is 3. The number of carbonyl (C=O) groups excluding carboxylic acids is 1. The lowest BCUT2D eigenvalue weighted by Crippen LogP contribution is -2.38. The van der Waals surface area contributed by atoms with Crippen molar-refractivity contribution in [2.24, 2.45) is 16.7 Å². The van der Waals surface area contributed by atoms with E-state index in [0.717, 1.165) is 16.5 Å². The fourth-order valence-corrected chi connectivity index (χ4v) is 4.54. The summed E-state index contributed by atoms with van der Waals surface area (Å²) < 4.78 is 6.90. The number of ether oxygens (including phenoxy) is 1. The van der Waals surface area contributed by atoms with Gasteiger partial charge in [-0.05, 0) is 48.3 Å². The van der Waals surface area contributed by atoms with Gasteiger partial charge in [0.2, 0.25) is 0 Å². The number of esters is 1. The van der Waals surface area contributed by atoms with E-state index in [2.05, 4.69) is 36.7 Å². The number of fused-ring (bicyclic) bond motifs is 2. The van der Waals surface area contributed by atoms with Gasteiger partial charge in [-0.2, -0.15) is 0 Å². The van der Waals surface area contributed by atoms with Crippen LogP contribution >= 0.6 is 15.9 Å². The molecule has 0 N–H and O–H groups in total. The average Bonchev–Trinajstić information content (AvgIpc) is 2.74. The second-order valence-electron chi connectivity index (χ2n) is 7.39. The molecule has 2 aliphatic rings. The average molecular weight is 351 g/mol. The molecular weight excluding hydrogens is 328 g/mol. The monoisotopic (exact) mass is 350 g/mol. The van der Waals surface area contributed by atoms with Crippen LogP contribution in [-0.4, -0.2) is 12.1 Å². The molecule has 0 radical (unpaired) electrons. The van der Waals surface area contributed by atoms with Crippen LogP contribution in [0.3, 0.4) is 0 Å². The zero-order chi connectivity index (χ0) is 15.3. The van der Waals surface area contributed by atoms with Gasteiger partial charge in [0.05, 0.1) is 6.42 Å². The Morgan fingerprint density at radius 1 is 1.29 bits per heavy atom. The first-order valence-electron chi connectivity index (χ1n) is 7.77. The zero-order valence-electron chi connectivity index (χ0n) is 13.0. The van der Waals surface area contributed by atoms with Crippen molar-refractivity contribution in [1.29, 1.82) is 0 Å². The first-order valence-corrected chi connectivity index (χ1v) is 8.56. The SMILES string of the molecule is CC1(C)C2CCC1(C)C(OC(=O)Cc1ccc(Br)cc1)C2. The van der Waals surface area contributed by atoms with Gasteiger partial charge in [0, 0.05) is 9.89 Å². The first kappa shape index (κ1) is 15.1. The molecule has 0 spiro atoms. The fraction of sp³-hybridized carbons (Fsp3) is 0.611. The van der Waals surface area contributed by atoms with E-state index in [-0.39, 0.29) is 22.9 Å². The Morgan fingerprint density at radius 3 is 2.48 bits per heavy atom. The highest BCUT2D eigenvalue weighted by Gasteiger charge is 2.62. The molecule has 3 heteroatoms. The number of benzene rings is 1. The van der Waals surface area contributed by atoms with Crippen LogP contribution in [0.1, 0.15) is 45.6 Å². The highest BCUT2D eigenvalue weighted by Crippen LogP contribution is 2.66. The van der Waals surface area contributed by atoms with Gasteiger partial charge in [-0.3, -0.25) is 4.79 Å². The van der Waals surface area contributed by atoms with Gasteiger partial charge in [0.1, 0.15) is 6.10 Å². The van der Waals surface area contributed by atoms with E-state index in [0.29, 0.717) is 12.3 Å². The molecule has 2 aliphatic carbocycles. The third-order valence-electron chi connectivity index (χ3n) is 6.25. The molecule has 0 amide bonds. The summed E-state index contributed by atoms with van der Waals surface area (Å²) in [6, 6.07) is 7.87. The van der Waals surface area contributed by atoms with Crippen molar-refractivity contribution < 1.29 is 9.53 Å². The molecule has 0 aromatic heterocycles. The van der Waals surface area contributed by atoms with Crippen LogP contribution in [0.25, 0.3) is 0 Å². The summed E-state index contributed by atoms with van der Waals surface area (Å²) in [4.78, 5) is 12.2. The number of hydrogen-bond donors (Lipinski definition) is 0. The normalized spacial score (nSPS) is 33.1. The molecule has 3 unspecified atom stereocenters. The summed E-state index contributed by atoms with van der Waals surface area (Å²) in [6.07, 6.45) is 3.96. The highest BCUT2D eigenvalue weighted by molar-refractivity contribution is 9.10. The second kappa shape index (κ2) is 5.12. The van der Waals surface area contributed by atoms with E-state index in [4.69, 9.17) is 4.74 Å². The molecule has 2 nitrogen and oxygen atoms in total. The molecule has 0 heterocycles. The van der Waals surface area contributed by atoms with Crippen molar-refractivity contribution in [3.8, 4) is 0 Å². The van der Waals surface area contributed by atoms with Gasteiger partial charge in [-0.15, -0.1) is 0 Å². The first-order chi connectivity index (χ1) is 9.83. The van der Waals surface area contributed by atoms with Crippen molar-refractivity contribution in [2.45, 2.75) is 52.6 Å². The van der Waals surface area contributed by atoms with Gasteiger partial charge < -0.3 is 4.74 Å². The van der Waals surface area contributed by atoms with Crippen LogP contribution in [0.2, 0.25) is 0 Å². The van der Waals surface area contributed by atoms with Crippen LogP contribution in [-0.2, 0) is 16.0 Å². The molecule has 3 atom stereocenters. The lowest BCUT2D eigenvalue weighted by atomic mass is 9.70. The number of carbonyl (C=O) groups is 1. The minimum absolute atomic E-state index is 0.0908. The molecule has 3 rings (SSSR count). The molecule has 2 bridgehead atoms. The molecule has 2 saturated carbocycles. The van der Waals surface area contributed by atoms with E-state index < -0.39 is 0 Å². The molecule has 114 valence electrons. The van der Waals surface area contributed by atoms with Gasteiger partial charge in [0.15, 0.2) is 0 Å². The molecule has 0 aliphatic heterocycles. The van der Waals surface area contributed by atoms with E-state index in [9.17, 15) is 4.79 Å². The summed E-state index contributed by atoms with van der Waals surface area (Å²) in [5, 5.41) is 0. The standard InChI is InChI=1S/C18H23BrO2/c1-17(2)13-8-9-18(17,3)15(11-13)21-16(20)10-12-4-6-14(19)7-5-12/h4-7,13,15H,8-11H2,1-3H3. The summed E-state index contributed by atoms with van der Waals surface area (Å²) in [7, 11) is 0. The van der Waals surface area contributed by atoms with Gasteiger partial charge in [-0.1, -0.05) is 48.8 Å². The molecular formula is C18H23BrO2. The lowest BCUT2D eigenvalue weighted by Gasteiger charge is -2.38. The van der Waals surface area contributed by atoms with Crippen LogP contribution in [0.15, 0.2) is 28.7 Å². The summed E-state index contributed by atoms with van der Waals surface area (Å²) in [5.41, 5.74) is 1.44. The van der Waals surface area contributed by atoms with Crippen LogP contribution < -0.4 is 0 Å². The maximum Gasteiger partial charge on any atom is 0.310 e. The molecule has 1 aromatic rings. The van der Waals surface area contributed by atoms with E-state index in [1.165, 1.54) is 12.8 Å². The van der Waals surface area contributed by atoms with Crippen LogP contribution in [0, 0.1) is 16.7 Å². The summed E-state index contributed by atoms with van der Waals surface area (Å²) in [5.74, 6) is 0.611. The Morgan fingerprint density at radius 2 is 1.95 bits per heavy atom. The Bertz CT molecular complexity index is 549. The molecule has 2 fully saturated rings. The van der Waals surface area contributed by atoms with Crippen molar-refractivity contribution in [3.05, 3.63) is 34.3 Å². The predicted molar refractivity (Wildman–Crippen MR) is 87.0 cm³/mol. The fourth-order valence-electron chi connectivity index (χ4n) is 4.28. The van der Waals surface area contributed by atoms with E-state index in [1.54, 1.807) is 0 Å². The van der Waals surface area contributed by atoms with E-state index >= 15 is 0 Å². The summed E-state index contributed by atoms with van der Waals surface area (Å²) >= 11 is 3.41. The third kappa shape index (κ3) is 2.44. The van der Waals surface area contributed by atoms with Crippen molar-refractivity contribution in [3.63, 3.8) is 0 Å². The van der Waals surface area contributed by atoms with Gasteiger partial charge in [0.25, 0.3) is 0 Å². The number of halogens is 1. The molecule has 0 saturated heterocycles. The third-order valence-corrected chi connectivity index (χ3v) is 6.78. The van der Waals surface area contributed by atoms with Gasteiger partial charge >= 0.3 is 5.97 Å². The Balaban J connectivity index is 1.65. The minimum Gasteiger partial charge on any atom is -0.462 e. The van der Waals surface area contributed by atoms with Gasteiger partial charge in [-0.25, -0.2) is 0 Å². The Labute approximate surface area is 135 Å². The maximum absolute atomic E-state index is 12.2. The van der Waals surface area contributed by atoms with Crippen molar-refractivity contribution in [2.75, 3.05) is 0 Å². The van der Waals surface area contributed by atoms with Crippen molar-refractivity contribution >= 4 is 21.9 Å². The zero-order valence-corrected chi connectivity index (χ0v) is 14.6. The topological polar surface area (TPSA) is 26.3 Å². The largest absolute Gasteiger partial charge is 0.462 e. The maximum atomic E-state index is 12.2. The van der Waals surface area contributed by atoms with Crippen molar-refractivity contribution in [1.82, 2.24) is 0 Å². The number of hydrogen-bond acceptors (Lipinski definition) is 2. The quantitative estimate of drug-likeness (QED) is 0.735. The predicted octanol–water partition coefficient (Wildman–Crippen LogP) is 4.75. The molecule has 1 aromatic carbocycles. The summed E-state index contributed by atoms with van der Waals surface area (Å²) in [6.45, 7) is 6.98. The smallest absolute Gasteiger partial charge is 0.310 e. The Kier molecular flexibility index (Phi) is 3.67. The van der Waals surface area contributed by atoms with E-state index in [1.807, 2.05) is 24.3 Å². The second-order valence-corrected chi connectivity index (χ2v) is 8.31. The van der Waals surface area contributed by atoms with Crippen LogP contribution in [0.4, 0.5) is 0 Å². The molecule has 21 heavy (non-hydrogen) atoms. The highest BCUT2D eigenvalue weighted by atomic mass is 79.9. The minimum atomic E-state index is -0.0908. The Hall–Kier alpha value is -0.830. The van der Waals surface area contributed by atoms with Crippen LogP contribution in [0.5, 0.6) is 0 Å².